The van der Waals surface area contributed by atoms with Crippen LogP contribution in [0.4, 0.5) is 0 Å². The second-order valence-corrected chi connectivity index (χ2v) is 4.16. The van der Waals surface area contributed by atoms with Crippen LogP contribution in [0.3, 0.4) is 0 Å². The molecule has 0 saturated heterocycles. The minimum absolute atomic E-state index is 0.264. The Morgan fingerprint density at radius 1 is 1.70 bits per heavy atom. The molecule has 1 atom stereocenters. The molecule has 0 aromatic carbocycles. The Morgan fingerprint density at radius 2 is 2.50 bits per heavy atom. The molecule has 0 bridgehead atoms. The summed E-state index contributed by atoms with van der Waals surface area (Å²) in [6.07, 6.45) is 7.16. The molecule has 1 nitrogen and oxygen atoms in total. The van der Waals surface area contributed by atoms with E-state index in [1.165, 1.54) is 31.0 Å². The second-order valence-electron chi connectivity index (χ2n) is 2.69. The zero-order chi connectivity index (χ0) is 7.40. The van der Waals surface area contributed by atoms with Gasteiger partial charge >= 0.3 is 0 Å². The Balaban J connectivity index is 2.19. The lowest BCUT2D eigenvalue weighted by molar-refractivity contribution is -0.109. The van der Waals surface area contributed by atoms with E-state index in [2.05, 4.69) is 6.42 Å². The van der Waals surface area contributed by atoms with Crippen molar-refractivity contribution < 1.29 is 4.79 Å². The first-order chi connectivity index (χ1) is 4.79. The summed E-state index contributed by atoms with van der Waals surface area (Å²) in [4.78, 5) is 10.7. The lowest BCUT2D eigenvalue weighted by Gasteiger charge is -2.18. The lowest BCUT2D eigenvalue weighted by atomic mass is 10.0. The molecule has 2 heteroatoms. The molecule has 0 aliphatic heterocycles. The fourth-order valence-corrected chi connectivity index (χ4v) is 2.24. The molecule has 1 fully saturated rings. The number of thioether (sulfide) groups is 1. The van der Waals surface area contributed by atoms with Gasteiger partial charge in [-0.3, -0.25) is 4.79 Å². The summed E-state index contributed by atoms with van der Waals surface area (Å²) in [6.45, 7) is 1.65. The van der Waals surface area contributed by atoms with E-state index in [0.29, 0.717) is 5.25 Å². The minimum atomic E-state index is 0.264. The molecule has 1 rings (SSSR count). The highest BCUT2D eigenvalue weighted by Crippen LogP contribution is 2.27. The van der Waals surface area contributed by atoms with Crippen LogP contribution in [0.1, 0.15) is 32.6 Å². The molecule has 0 spiro atoms. The van der Waals surface area contributed by atoms with Crippen LogP contribution in [0.5, 0.6) is 0 Å². The monoisotopic (exact) mass is 157 g/mol. The summed E-state index contributed by atoms with van der Waals surface area (Å²) in [6, 6.07) is 0. The smallest absolute Gasteiger partial charge is 0.186 e. The normalized spacial score (nSPS) is 20.9. The summed E-state index contributed by atoms with van der Waals surface area (Å²) >= 11 is 1.51. The fourth-order valence-electron chi connectivity index (χ4n) is 1.25. The highest BCUT2D eigenvalue weighted by atomic mass is 32.2. The second kappa shape index (κ2) is 4.02. The minimum Gasteiger partial charge on any atom is -0.288 e. The number of rotatable bonds is 1. The van der Waals surface area contributed by atoms with Crippen LogP contribution in [0.2, 0.25) is 0 Å². The van der Waals surface area contributed by atoms with Gasteiger partial charge in [-0.15, -0.1) is 0 Å². The van der Waals surface area contributed by atoms with E-state index in [4.69, 9.17) is 0 Å². The first-order valence-corrected chi connectivity index (χ1v) is 4.66. The van der Waals surface area contributed by atoms with Crippen LogP contribution < -0.4 is 0 Å². The largest absolute Gasteiger partial charge is 0.288 e. The molecule has 0 amide bonds. The quantitative estimate of drug-likeness (QED) is 0.581. The predicted molar refractivity (Wildman–Crippen MR) is 44.8 cm³/mol. The molecule has 0 aromatic rings. The van der Waals surface area contributed by atoms with Gasteiger partial charge in [0.05, 0.1) is 0 Å². The van der Waals surface area contributed by atoms with Crippen LogP contribution in [-0.4, -0.2) is 10.4 Å². The summed E-state index contributed by atoms with van der Waals surface area (Å²) in [5, 5.41) is 0.853. The molecule has 10 heavy (non-hydrogen) atoms. The molecule has 57 valence electrons. The van der Waals surface area contributed by atoms with Gasteiger partial charge in [0.2, 0.25) is 0 Å². The van der Waals surface area contributed by atoms with Gasteiger partial charge in [0, 0.05) is 12.2 Å². The standard InChI is InChI=1S/C8H13OS/c1-7(9)10-8-5-3-2-4-6-8/h3,8H,2,4-6H2,1H3. The van der Waals surface area contributed by atoms with Crippen molar-refractivity contribution in [2.45, 2.75) is 37.9 Å². The Kier molecular flexibility index (Phi) is 3.26. The van der Waals surface area contributed by atoms with Gasteiger partial charge in [0.15, 0.2) is 5.12 Å². The van der Waals surface area contributed by atoms with Crippen molar-refractivity contribution >= 4 is 16.9 Å². The van der Waals surface area contributed by atoms with Crippen molar-refractivity contribution in [3.63, 3.8) is 0 Å². The molecule has 1 aliphatic rings. The predicted octanol–water partition coefficient (Wildman–Crippen LogP) is 2.41. The lowest BCUT2D eigenvalue weighted by Crippen LogP contribution is -2.10. The Hall–Kier alpha value is 0.0200. The molecule has 0 aromatic heterocycles. The number of carbonyl (C=O) groups is 1. The highest BCUT2D eigenvalue weighted by Gasteiger charge is 2.15. The van der Waals surface area contributed by atoms with Crippen LogP contribution in [-0.2, 0) is 4.79 Å². The van der Waals surface area contributed by atoms with Crippen LogP contribution in [0, 0.1) is 6.42 Å². The van der Waals surface area contributed by atoms with E-state index in [0.717, 1.165) is 6.42 Å². The van der Waals surface area contributed by atoms with E-state index >= 15 is 0 Å². The molecule has 1 unspecified atom stereocenters. The molecule has 1 radical (unpaired) electrons. The zero-order valence-electron chi connectivity index (χ0n) is 6.30. The fraction of sp³-hybridized carbons (Fsp3) is 0.750. The molecule has 1 saturated carbocycles. The Labute approximate surface area is 66.6 Å². The third kappa shape index (κ3) is 2.74. The summed E-state index contributed by atoms with van der Waals surface area (Å²) in [5.74, 6) is 0. The van der Waals surface area contributed by atoms with Crippen molar-refractivity contribution in [2.75, 3.05) is 0 Å². The number of carbonyl (C=O) groups excluding carboxylic acids is 1. The molecule has 0 heterocycles. The van der Waals surface area contributed by atoms with Crippen molar-refractivity contribution in [1.29, 1.82) is 0 Å². The summed E-state index contributed by atoms with van der Waals surface area (Å²) < 4.78 is 0. The van der Waals surface area contributed by atoms with Gasteiger partial charge in [-0.2, -0.15) is 0 Å². The SMILES string of the molecule is CC(=O)SC1C[CH]CCC1. The van der Waals surface area contributed by atoms with Crippen molar-refractivity contribution in [1.82, 2.24) is 0 Å². The van der Waals surface area contributed by atoms with E-state index in [9.17, 15) is 4.79 Å². The first kappa shape index (κ1) is 8.12. The highest BCUT2D eigenvalue weighted by molar-refractivity contribution is 8.14. The molecule has 0 N–H and O–H groups in total. The van der Waals surface area contributed by atoms with Crippen LogP contribution in [0.25, 0.3) is 0 Å². The number of hydrogen-bond acceptors (Lipinski definition) is 2. The molecule has 1 aliphatic carbocycles. The van der Waals surface area contributed by atoms with E-state index in [1.54, 1.807) is 6.92 Å². The Bertz CT molecular complexity index is 116. The average molecular weight is 157 g/mol. The Morgan fingerprint density at radius 3 is 3.00 bits per heavy atom. The molecular weight excluding hydrogens is 144 g/mol. The zero-order valence-corrected chi connectivity index (χ0v) is 7.12. The average Bonchev–Trinajstić information content (AvgIpc) is 1.88. The summed E-state index contributed by atoms with van der Waals surface area (Å²) in [5.41, 5.74) is 0. The first-order valence-electron chi connectivity index (χ1n) is 3.78. The van der Waals surface area contributed by atoms with Gasteiger partial charge in [-0.05, 0) is 19.3 Å². The maximum Gasteiger partial charge on any atom is 0.186 e. The third-order valence-electron chi connectivity index (χ3n) is 1.70. The van der Waals surface area contributed by atoms with Gasteiger partial charge in [-0.25, -0.2) is 0 Å². The number of hydrogen-bond donors (Lipinski definition) is 0. The summed E-state index contributed by atoms with van der Waals surface area (Å²) in [7, 11) is 0. The van der Waals surface area contributed by atoms with Crippen molar-refractivity contribution in [3.05, 3.63) is 6.42 Å². The van der Waals surface area contributed by atoms with Gasteiger partial charge in [-0.1, -0.05) is 24.6 Å². The topological polar surface area (TPSA) is 17.1 Å². The van der Waals surface area contributed by atoms with Crippen LogP contribution in [0.15, 0.2) is 0 Å². The van der Waals surface area contributed by atoms with Crippen LogP contribution >= 0.6 is 11.8 Å². The maximum absolute atomic E-state index is 10.7. The van der Waals surface area contributed by atoms with Crippen molar-refractivity contribution in [3.8, 4) is 0 Å². The van der Waals surface area contributed by atoms with Gasteiger partial charge in [0.1, 0.15) is 0 Å². The van der Waals surface area contributed by atoms with E-state index in [1.807, 2.05) is 0 Å². The van der Waals surface area contributed by atoms with Gasteiger partial charge in [0.25, 0.3) is 0 Å². The van der Waals surface area contributed by atoms with Crippen molar-refractivity contribution in [2.24, 2.45) is 0 Å². The van der Waals surface area contributed by atoms with Gasteiger partial charge < -0.3 is 0 Å². The maximum atomic E-state index is 10.7. The third-order valence-corrected chi connectivity index (χ3v) is 2.79. The van der Waals surface area contributed by atoms with E-state index < -0.39 is 0 Å². The van der Waals surface area contributed by atoms with E-state index in [-0.39, 0.29) is 5.12 Å². The molecular formula is C8H13OS.